The van der Waals surface area contributed by atoms with E-state index in [4.69, 9.17) is 9.15 Å². The molecule has 132 valence electrons. The van der Waals surface area contributed by atoms with E-state index in [1.165, 1.54) is 15.6 Å². The molecule has 1 aliphatic heterocycles. The summed E-state index contributed by atoms with van der Waals surface area (Å²) in [6.45, 7) is 8.44. The maximum atomic E-state index is 12.9. The normalized spacial score (nSPS) is 20.0. The Morgan fingerprint density at radius 1 is 1.33 bits per heavy atom. The largest absolute Gasteiger partial charge is 0.422 e. The van der Waals surface area contributed by atoms with Crippen LogP contribution in [0.25, 0.3) is 0 Å². The minimum Gasteiger partial charge on any atom is -0.422 e. The molecule has 0 saturated carbocycles. The number of aryl methyl sites for hydroxylation is 2. The van der Waals surface area contributed by atoms with Crippen molar-refractivity contribution in [2.75, 3.05) is 19.7 Å². The molecular weight excluding hydrogens is 350 g/mol. The van der Waals surface area contributed by atoms with Gasteiger partial charge in [0.15, 0.2) is 0 Å². The number of hydrogen-bond acceptors (Lipinski definition) is 7. The van der Waals surface area contributed by atoms with Gasteiger partial charge >= 0.3 is 0 Å². The summed E-state index contributed by atoms with van der Waals surface area (Å²) < 4.78 is 38.6. The van der Waals surface area contributed by atoms with Crippen LogP contribution in [0, 0.1) is 13.8 Å². The van der Waals surface area contributed by atoms with E-state index >= 15 is 0 Å². The Morgan fingerprint density at radius 2 is 2.08 bits per heavy atom. The fraction of sp³-hybridized carbons (Fsp3) is 0.600. The fourth-order valence-electron chi connectivity index (χ4n) is 2.61. The second-order valence-corrected chi connectivity index (χ2v) is 9.50. The van der Waals surface area contributed by atoms with E-state index < -0.39 is 16.1 Å². The monoisotopic (exact) mass is 371 g/mol. The molecule has 1 atom stereocenters. The molecule has 9 heteroatoms. The van der Waals surface area contributed by atoms with Gasteiger partial charge < -0.3 is 9.15 Å². The first-order chi connectivity index (χ1) is 11.3. The standard InChI is InChI=1S/C15H21N3O4S2/c1-9(2)14-16-17-15(22-14)12-8-18(5-6-21-12)24(19,20)13-7-10(3)23-11(13)4/h7,9,12H,5-6,8H2,1-4H3/t12-/m0/s1. The molecule has 2 aromatic rings. The van der Waals surface area contributed by atoms with Gasteiger partial charge in [0, 0.05) is 28.8 Å². The van der Waals surface area contributed by atoms with Crippen molar-refractivity contribution >= 4 is 21.4 Å². The molecule has 0 spiro atoms. The van der Waals surface area contributed by atoms with Crippen molar-refractivity contribution < 1.29 is 17.6 Å². The Hall–Kier alpha value is -1.29. The average Bonchev–Trinajstić information content (AvgIpc) is 3.14. The molecule has 1 saturated heterocycles. The molecule has 0 bridgehead atoms. The molecule has 3 heterocycles. The highest BCUT2D eigenvalue weighted by Crippen LogP contribution is 2.31. The highest BCUT2D eigenvalue weighted by atomic mass is 32.2. The second-order valence-electron chi connectivity index (χ2n) is 6.13. The average molecular weight is 371 g/mol. The van der Waals surface area contributed by atoms with E-state index in [1.54, 1.807) is 6.07 Å². The zero-order valence-electron chi connectivity index (χ0n) is 14.1. The van der Waals surface area contributed by atoms with E-state index in [9.17, 15) is 8.42 Å². The van der Waals surface area contributed by atoms with Crippen LogP contribution < -0.4 is 0 Å². The van der Waals surface area contributed by atoms with E-state index in [1.807, 2.05) is 27.7 Å². The second kappa shape index (κ2) is 6.55. The molecule has 0 amide bonds. The summed E-state index contributed by atoms with van der Waals surface area (Å²) >= 11 is 1.49. The minimum absolute atomic E-state index is 0.117. The molecule has 0 unspecified atom stereocenters. The Kier molecular flexibility index (Phi) is 4.78. The Labute approximate surface area is 145 Å². The topological polar surface area (TPSA) is 85.5 Å². The van der Waals surface area contributed by atoms with Crippen molar-refractivity contribution in [2.24, 2.45) is 0 Å². The summed E-state index contributed by atoms with van der Waals surface area (Å²) in [7, 11) is -3.55. The molecule has 0 radical (unpaired) electrons. The lowest BCUT2D eigenvalue weighted by Gasteiger charge is -2.30. The van der Waals surface area contributed by atoms with Crippen molar-refractivity contribution in [1.82, 2.24) is 14.5 Å². The van der Waals surface area contributed by atoms with Gasteiger partial charge in [0.1, 0.15) is 6.10 Å². The first-order valence-corrected chi connectivity index (χ1v) is 10.1. The first-order valence-electron chi connectivity index (χ1n) is 7.81. The van der Waals surface area contributed by atoms with E-state index in [0.29, 0.717) is 29.8 Å². The minimum atomic E-state index is -3.55. The van der Waals surface area contributed by atoms with Crippen LogP contribution >= 0.6 is 11.3 Å². The summed E-state index contributed by atoms with van der Waals surface area (Å²) in [6.07, 6.45) is -0.534. The summed E-state index contributed by atoms with van der Waals surface area (Å²) in [4.78, 5) is 2.16. The van der Waals surface area contributed by atoms with Gasteiger partial charge in [-0.05, 0) is 19.9 Å². The lowest BCUT2D eigenvalue weighted by Crippen LogP contribution is -2.42. The van der Waals surface area contributed by atoms with Crippen LogP contribution in [0.3, 0.4) is 0 Å². The fourth-order valence-corrected chi connectivity index (χ4v) is 5.55. The molecule has 3 rings (SSSR count). The molecule has 0 aromatic carbocycles. The summed E-state index contributed by atoms with van der Waals surface area (Å²) in [5.74, 6) is 0.973. The predicted molar refractivity (Wildman–Crippen MR) is 89.6 cm³/mol. The Bertz CT molecular complexity index is 826. The third kappa shape index (κ3) is 3.26. The van der Waals surface area contributed by atoms with Crippen LogP contribution in [0.15, 0.2) is 15.4 Å². The van der Waals surface area contributed by atoms with Crippen LogP contribution in [0.4, 0.5) is 0 Å². The molecule has 1 fully saturated rings. The van der Waals surface area contributed by atoms with E-state index in [2.05, 4.69) is 10.2 Å². The number of aromatic nitrogens is 2. The van der Waals surface area contributed by atoms with Gasteiger partial charge in [0.2, 0.25) is 21.8 Å². The third-order valence-electron chi connectivity index (χ3n) is 3.87. The zero-order valence-corrected chi connectivity index (χ0v) is 15.8. The smallest absolute Gasteiger partial charge is 0.246 e. The van der Waals surface area contributed by atoms with Crippen LogP contribution in [0.1, 0.15) is 47.4 Å². The van der Waals surface area contributed by atoms with Gasteiger partial charge in [0.05, 0.1) is 11.5 Å². The molecule has 24 heavy (non-hydrogen) atoms. The van der Waals surface area contributed by atoms with Crippen molar-refractivity contribution in [3.63, 3.8) is 0 Å². The summed E-state index contributed by atoms with van der Waals surface area (Å²) in [6, 6.07) is 1.73. The summed E-state index contributed by atoms with van der Waals surface area (Å²) in [5, 5.41) is 8.00. The number of thiophene rings is 1. The molecule has 1 aliphatic rings. The van der Waals surface area contributed by atoms with Crippen molar-refractivity contribution in [3.8, 4) is 0 Å². The van der Waals surface area contributed by atoms with Gasteiger partial charge in [-0.1, -0.05) is 13.8 Å². The van der Waals surface area contributed by atoms with Crippen molar-refractivity contribution in [1.29, 1.82) is 0 Å². The number of ether oxygens (including phenoxy) is 1. The lowest BCUT2D eigenvalue weighted by atomic mass is 10.2. The molecule has 0 N–H and O–H groups in total. The van der Waals surface area contributed by atoms with Gasteiger partial charge in [-0.2, -0.15) is 4.31 Å². The Balaban J connectivity index is 1.83. The molecular formula is C15H21N3O4S2. The third-order valence-corrected chi connectivity index (χ3v) is 6.95. The maximum Gasteiger partial charge on any atom is 0.246 e. The van der Waals surface area contributed by atoms with Crippen LogP contribution in [-0.4, -0.2) is 42.6 Å². The van der Waals surface area contributed by atoms with E-state index in [0.717, 1.165) is 9.75 Å². The first kappa shape index (κ1) is 17.5. The van der Waals surface area contributed by atoms with Gasteiger partial charge in [0.25, 0.3) is 0 Å². The van der Waals surface area contributed by atoms with Crippen LogP contribution in [-0.2, 0) is 14.8 Å². The van der Waals surface area contributed by atoms with Crippen molar-refractivity contribution in [2.45, 2.75) is 44.6 Å². The van der Waals surface area contributed by atoms with Gasteiger partial charge in [-0.3, -0.25) is 0 Å². The molecule has 0 aliphatic carbocycles. The highest BCUT2D eigenvalue weighted by Gasteiger charge is 2.35. The molecule has 2 aromatic heterocycles. The van der Waals surface area contributed by atoms with Gasteiger partial charge in [-0.25, -0.2) is 8.42 Å². The quantitative estimate of drug-likeness (QED) is 0.821. The van der Waals surface area contributed by atoms with Crippen LogP contribution in [0.5, 0.6) is 0 Å². The summed E-state index contributed by atoms with van der Waals surface area (Å²) in [5.41, 5.74) is 0. The predicted octanol–water partition coefficient (Wildman–Crippen LogP) is 2.63. The molecule has 7 nitrogen and oxygen atoms in total. The maximum absolute atomic E-state index is 12.9. The van der Waals surface area contributed by atoms with Gasteiger partial charge in [-0.15, -0.1) is 21.5 Å². The van der Waals surface area contributed by atoms with Crippen LogP contribution in [0.2, 0.25) is 0 Å². The zero-order chi connectivity index (χ0) is 17.5. The Morgan fingerprint density at radius 3 is 2.67 bits per heavy atom. The lowest BCUT2D eigenvalue weighted by molar-refractivity contribution is -0.0179. The van der Waals surface area contributed by atoms with Crippen molar-refractivity contribution in [3.05, 3.63) is 27.6 Å². The number of nitrogens with zero attached hydrogens (tertiary/aromatic N) is 3. The number of morpholine rings is 1. The SMILES string of the molecule is Cc1cc(S(=O)(=O)N2CCO[C@H](c3nnc(C(C)C)o3)C2)c(C)s1. The number of hydrogen-bond donors (Lipinski definition) is 0. The van der Waals surface area contributed by atoms with E-state index in [-0.39, 0.29) is 12.5 Å². The number of sulfonamides is 1. The number of rotatable bonds is 4. The highest BCUT2D eigenvalue weighted by molar-refractivity contribution is 7.89.